The van der Waals surface area contributed by atoms with Crippen LogP contribution in [0.2, 0.25) is 0 Å². The number of hydrogen-bond donors (Lipinski definition) is 0. The Morgan fingerprint density at radius 2 is 0.365 bits per heavy atom. The van der Waals surface area contributed by atoms with Gasteiger partial charge in [0.05, 0.1) is 0 Å². The SMILES string of the molecule is CCCCCCCCCCCCCCCCCC(=O)[O-].CCCCCCCCCCCCCCCCCC(=O)[O-].[Cd+2].[Cd+2].[Cd+2].[Cd+2].[Cd+2].[Cd+2].[Cd+2].[O-]C([O-])([O-])C([O-])([O-])[O-].[O-]C([O-])([O-])C([O-])([O-])[O-]. The molecule has 0 aromatic rings. The molecule has 0 aromatic heterocycles. The molecule has 0 amide bonds. The largest absolute Gasteiger partial charge is 2.00 e. The number of carbonyl (C=O) groups excluding carboxylic acids is 2. The van der Waals surface area contributed by atoms with E-state index in [0.717, 1.165) is 25.7 Å². The summed E-state index contributed by atoms with van der Waals surface area (Å²) >= 11 is 0. The first kappa shape index (κ1) is 93.9. The summed E-state index contributed by atoms with van der Waals surface area (Å²) in [4.78, 5) is 20.4. The maximum Gasteiger partial charge on any atom is 2.00 e. The smallest absolute Gasteiger partial charge is 0.879 e. The Labute approximate surface area is 519 Å². The molecule has 0 fully saturated rings. The zero-order valence-corrected chi connectivity index (χ0v) is 67.4. The Bertz CT molecular complexity index is 770. The van der Waals surface area contributed by atoms with Crippen molar-refractivity contribution >= 4 is 11.9 Å². The Morgan fingerprint density at radius 1 is 0.254 bits per heavy atom. The molecule has 0 rings (SSSR count). The molecule has 0 aliphatic heterocycles. The summed E-state index contributed by atoms with van der Waals surface area (Å²) < 4.78 is 0. The van der Waals surface area contributed by atoms with Gasteiger partial charge in [0.25, 0.3) is 0 Å². The van der Waals surface area contributed by atoms with Crippen molar-refractivity contribution in [1.82, 2.24) is 0 Å². The van der Waals surface area contributed by atoms with Gasteiger partial charge < -0.3 is 105 Å². The fourth-order valence-corrected chi connectivity index (χ4v) is 5.28. The molecule has 340 valence electrons. The molecule has 0 atom stereocenters. The van der Waals surface area contributed by atoms with Gasteiger partial charge in [0, 0.05) is 11.9 Å². The molecule has 0 aromatic carbocycles. The first-order valence-electron chi connectivity index (χ1n) is 20.9. The molecule has 0 unspecified atom stereocenters. The Kier molecular flexibility index (Phi) is 96.8. The van der Waals surface area contributed by atoms with E-state index in [-0.39, 0.29) is 204 Å². The topological polar surface area (TPSA) is 357 Å². The van der Waals surface area contributed by atoms with Crippen LogP contribution in [-0.4, -0.2) is 35.8 Å². The molecule has 0 aliphatic carbocycles. The van der Waals surface area contributed by atoms with E-state index in [0.29, 0.717) is 0 Å². The van der Waals surface area contributed by atoms with E-state index >= 15 is 0 Å². The second kappa shape index (κ2) is 64.9. The first-order chi connectivity index (χ1) is 26.0. The number of hydrogen-bond acceptors (Lipinski definition) is 16. The van der Waals surface area contributed by atoms with E-state index in [1.165, 1.54) is 167 Å². The summed E-state index contributed by atoms with van der Waals surface area (Å²) in [7, 11) is 0. The second-order valence-electron chi connectivity index (χ2n) is 14.4. The summed E-state index contributed by atoms with van der Waals surface area (Å²) in [5, 5.41) is 129. The number of unbranched alkanes of at least 4 members (excludes halogenated alkanes) is 28. The van der Waals surface area contributed by atoms with Gasteiger partial charge >= 0.3 is 191 Å². The molecule has 0 saturated heterocycles. The van der Waals surface area contributed by atoms with Gasteiger partial charge in [0.1, 0.15) is 0 Å². The minimum absolute atomic E-state index is 0. The van der Waals surface area contributed by atoms with Gasteiger partial charge in [0.15, 0.2) is 0 Å². The monoisotopic (exact) mass is 1600 g/mol. The second-order valence-corrected chi connectivity index (χ2v) is 14.4. The number of carboxylic acid groups (broad SMARTS) is 2. The van der Waals surface area contributed by atoms with Crippen molar-refractivity contribution in [3.63, 3.8) is 0 Å². The van der Waals surface area contributed by atoms with Crippen LogP contribution in [0, 0.1) is 0 Å². The van der Waals surface area contributed by atoms with Gasteiger partial charge in [-0.1, -0.05) is 194 Å². The Hall–Kier alpha value is 4.91. The average molecular weight is 1590 g/mol. The molecule has 0 heterocycles. The van der Waals surface area contributed by atoms with Crippen LogP contribution in [0.3, 0.4) is 0 Å². The summed E-state index contributed by atoms with van der Waals surface area (Å²) in [5.41, 5.74) is 0. The molecule has 0 saturated carbocycles. The van der Waals surface area contributed by atoms with Crippen LogP contribution in [0.25, 0.3) is 0 Å². The maximum atomic E-state index is 10.2. The molecular weight excluding hydrogens is 1520 g/mol. The van der Waals surface area contributed by atoms with Crippen molar-refractivity contribution in [2.75, 3.05) is 0 Å². The molecule has 0 N–H and O–H groups in total. The van der Waals surface area contributed by atoms with E-state index in [9.17, 15) is 19.8 Å². The summed E-state index contributed by atoms with van der Waals surface area (Å²) in [6, 6.07) is 0. The van der Waals surface area contributed by atoms with Gasteiger partial charge in [-0.2, -0.15) is 0 Å². The third kappa shape index (κ3) is 87.0. The van der Waals surface area contributed by atoms with Crippen LogP contribution in [0.15, 0.2) is 0 Å². The van der Waals surface area contributed by atoms with Crippen molar-refractivity contribution < 1.29 is 272 Å². The van der Waals surface area contributed by atoms with Crippen molar-refractivity contribution in [3.05, 3.63) is 0 Å². The minimum Gasteiger partial charge on any atom is -0.879 e. The third-order valence-electron chi connectivity index (χ3n) is 8.72. The molecule has 0 bridgehead atoms. The van der Waals surface area contributed by atoms with E-state index in [1.807, 2.05) is 0 Å². The standard InChI is InChI=1S/2C18H36O2.2C2O6.7Cd/c2*1-2-3-4-5-6-7-8-9-10-11-12-13-14-15-16-17-18(19)20;2*3-1(4,5)2(6,7)8;;;;;;;/h2*2-17H2,1H3,(H,19,20);;;;;;;;;/q;;2*-6;7*+2/p-2. The van der Waals surface area contributed by atoms with Crippen molar-refractivity contribution in [2.24, 2.45) is 0 Å². The third-order valence-corrected chi connectivity index (χ3v) is 8.72. The first-order valence-corrected chi connectivity index (χ1v) is 20.9. The molecule has 0 aliphatic rings. The normalized spacial score (nSPS) is 10.5. The predicted molar refractivity (Wildman–Crippen MR) is 180 cm³/mol. The molecule has 0 spiro atoms. The van der Waals surface area contributed by atoms with Crippen LogP contribution in [0.5, 0.6) is 0 Å². The molecular formula is C40H70Cd7O16. The number of carbonyl (C=O) groups is 2. The predicted octanol–water partition coefficient (Wildman–Crippen LogP) is -5.11. The maximum absolute atomic E-state index is 10.2. The molecule has 16 nitrogen and oxygen atoms in total. The van der Waals surface area contributed by atoms with Gasteiger partial charge in [-0.15, -0.1) is 0 Å². The summed E-state index contributed by atoms with van der Waals surface area (Å²) in [6.07, 6.45) is 39.7. The number of carboxylic acids is 2. The van der Waals surface area contributed by atoms with Crippen LogP contribution in [0.1, 0.15) is 219 Å². The van der Waals surface area contributed by atoms with E-state index in [2.05, 4.69) is 13.8 Å². The fraction of sp³-hybridized carbons (Fsp3) is 0.950. The van der Waals surface area contributed by atoms with Crippen LogP contribution >= 0.6 is 0 Å². The van der Waals surface area contributed by atoms with Crippen molar-refractivity contribution in [3.8, 4) is 0 Å². The summed E-state index contributed by atoms with van der Waals surface area (Å²) in [5.74, 6) is -21.7. The Balaban J connectivity index is -0.0000000658. The van der Waals surface area contributed by atoms with Crippen LogP contribution in [0.4, 0.5) is 0 Å². The van der Waals surface area contributed by atoms with Gasteiger partial charge in [-0.25, -0.2) is 0 Å². The van der Waals surface area contributed by atoms with Gasteiger partial charge in [-0.05, 0) is 25.7 Å². The number of rotatable bonds is 34. The van der Waals surface area contributed by atoms with E-state index < -0.39 is 35.8 Å². The van der Waals surface area contributed by atoms with Crippen LogP contribution in [-0.2, 0) is 201 Å². The van der Waals surface area contributed by atoms with E-state index in [1.54, 1.807) is 0 Å². The average Bonchev–Trinajstić information content (AvgIpc) is 3.07. The molecule has 23 heteroatoms. The van der Waals surface area contributed by atoms with Crippen LogP contribution < -0.4 is 71.5 Å². The zero-order chi connectivity index (χ0) is 43.8. The van der Waals surface area contributed by atoms with Gasteiger partial charge in [-0.3, -0.25) is 0 Å². The molecule has 63 heavy (non-hydrogen) atoms. The summed E-state index contributed by atoms with van der Waals surface area (Å²) in [6.45, 7) is 4.53. The van der Waals surface area contributed by atoms with E-state index in [4.69, 9.17) is 61.3 Å². The zero-order valence-electron chi connectivity index (χ0n) is 39.1. The quantitative estimate of drug-likeness (QED) is 0.0330. The van der Waals surface area contributed by atoms with Gasteiger partial charge in [0.2, 0.25) is 0 Å². The van der Waals surface area contributed by atoms with Crippen molar-refractivity contribution in [2.45, 2.75) is 243 Å². The minimum atomic E-state index is -4.98. The molecule has 0 radical (unpaired) electrons. The fourth-order valence-electron chi connectivity index (χ4n) is 5.28. The number of aliphatic carboxylic acids is 2. The Morgan fingerprint density at radius 3 is 0.460 bits per heavy atom. The van der Waals surface area contributed by atoms with Crippen molar-refractivity contribution in [1.29, 1.82) is 0 Å².